The van der Waals surface area contributed by atoms with Crippen LogP contribution in [0.1, 0.15) is 6.42 Å². The number of imidazole rings is 1. The Kier molecular flexibility index (Phi) is 4.64. The van der Waals surface area contributed by atoms with Crippen LogP contribution in [0.15, 0.2) is 12.7 Å². The van der Waals surface area contributed by atoms with Gasteiger partial charge in [-0.1, -0.05) is 0 Å². The van der Waals surface area contributed by atoms with Gasteiger partial charge in [0.1, 0.15) is 11.8 Å². The van der Waals surface area contributed by atoms with Gasteiger partial charge in [-0.25, -0.2) is 15.0 Å². The molecule has 1 unspecified atom stereocenters. The largest absolute Gasteiger partial charge is 0.382 e. The van der Waals surface area contributed by atoms with Crippen LogP contribution in [-0.2, 0) is 16.0 Å². The molecule has 0 aromatic carbocycles. The molecule has 0 saturated heterocycles. The molecule has 0 aliphatic rings. The first kappa shape index (κ1) is 13.7. The van der Waals surface area contributed by atoms with Gasteiger partial charge < -0.3 is 19.4 Å². The number of ether oxygens (including phenoxy) is 2. The van der Waals surface area contributed by atoms with E-state index in [0.717, 1.165) is 29.9 Å². The summed E-state index contributed by atoms with van der Waals surface area (Å²) < 4.78 is 12.4. The Morgan fingerprint density at radius 2 is 2.16 bits per heavy atom. The van der Waals surface area contributed by atoms with Gasteiger partial charge in [0.15, 0.2) is 11.5 Å². The van der Waals surface area contributed by atoms with E-state index >= 15 is 0 Å². The van der Waals surface area contributed by atoms with Crippen molar-refractivity contribution < 1.29 is 9.47 Å². The molecule has 0 radical (unpaired) electrons. The summed E-state index contributed by atoms with van der Waals surface area (Å²) in [4.78, 5) is 12.8. The highest BCUT2D eigenvalue weighted by molar-refractivity contribution is 5.82. The SMILES string of the molecule is CNc1ncnc2c1ncn2CCC(COC)OC. The number of anilines is 1. The van der Waals surface area contributed by atoms with Crippen LogP contribution in [0.4, 0.5) is 5.82 Å². The Labute approximate surface area is 112 Å². The number of aryl methyl sites for hydroxylation is 1. The molecule has 7 nitrogen and oxygen atoms in total. The molecular weight excluding hydrogens is 246 g/mol. The van der Waals surface area contributed by atoms with Crippen LogP contribution in [0.5, 0.6) is 0 Å². The van der Waals surface area contributed by atoms with Crippen LogP contribution in [-0.4, -0.2) is 53.5 Å². The average molecular weight is 265 g/mol. The minimum atomic E-state index is 0.0769. The molecule has 2 heterocycles. The maximum atomic E-state index is 5.34. The zero-order valence-electron chi connectivity index (χ0n) is 11.5. The third-order valence-electron chi connectivity index (χ3n) is 3.02. The number of hydrogen-bond acceptors (Lipinski definition) is 6. The molecule has 19 heavy (non-hydrogen) atoms. The zero-order valence-corrected chi connectivity index (χ0v) is 11.5. The lowest BCUT2D eigenvalue weighted by atomic mass is 10.2. The van der Waals surface area contributed by atoms with E-state index in [1.165, 1.54) is 6.33 Å². The predicted octanol–water partition coefficient (Wildman–Crippen LogP) is 0.919. The molecule has 104 valence electrons. The van der Waals surface area contributed by atoms with Gasteiger partial charge in [-0.2, -0.15) is 0 Å². The predicted molar refractivity (Wildman–Crippen MR) is 72.2 cm³/mol. The minimum Gasteiger partial charge on any atom is -0.382 e. The van der Waals surface area contributed by atoms with E-state index in [9.17, 15) is 0 Å². The van der Waals surface area contributed by atoms with E-state index in [4.69, 9.17) is 9.47 Å². The van der Waals surface area contributed by atoms with Crippen molar-refractivity contribution in [3.05, 3.63) is 12.7 Å². The smallest absolute Gasteiger partial charge is 0.165 e. The second-order valence-corrected chi connectivity index (χ2v) is 4.18. The summed E-state index contributed by atoms with van der Waals surface area (Å²) in [5.74, 6) is 0.740. The first-order valence-electron chi connectivity index (χ1n) is 6.15. The Morgan fingerprint density at radius 1 is 1.32 bits per heavy atom. The summed E-state index contributed by atoms with van der Waals surface area (Å²) in [6.07, 6.45) is 4.23. The molecule has 7 heteroatoms. The number of aromatic nitrogens is 4. The van der Waals surface area contributed by atoms with Crippen molar-refractivity contribution in [2.24, 2.45) is 0 Å². The number of hydrogen-bond donors (Lipinski definition) is 1. The maximum absolute atomic E-state index is 5.34. The van der Waals surface area contributed by atoms with Crippen LogP contribution in [0.25, 0.3) is 11.2 Å². The van der Waals surface area contributed by atoms with Gasteiger partial charge in [0, 0.05) is 27.8 Å². The highest BCUT2D eigenvalue weighted by Gasteiger charge is 2.11. The molecular formula is C12H19N5O2. The van der Waals surface area contributed by atoms with Gasteiger partial charge in [-0.15, -0.1) is 0 Å². The molecule has 1 atom stereocenters. The third kappa shape index (κ3) is 2.99. The molecule has 0 aliphatic carbocycles. The average Bonchev–Trinajstić information content (AvgIpc) is 2.86. The Bertz CT molecular complexity index is 528. The normalized spacial score (nSPS) is 12.8. The van der Waals surface area contributed by atoms with Gasteiger partial charge in [0.25, 0.3) is 0 Å². The van der Waals surface area contributed by atoms with Gasteiger partial charge in [-0.3, -0.25) is 0 Å². The van der Waals surface area contributed by atoms with Crippen LogP contribution >= 0.6 is 0 Å². The van der Waals surface area contributed by atoms with Crippen molar-refractivity contribution in [3.8, 4) is 0 Å². The number of nitrogens with zero attached hydrogens (tertiary/aromatic N) is 4. The van der Waals surface area contributed by atoms with Crippen LogP contribution in [0, 0.1) is 0 Å². The number of nitrogens with one attached hydrogen (secondary N) is 1. The second-order valence-electron chi connectivity index (χ2n) is 4.18. The highest BCUT2D eigenvalue weighted by Crippen LogP contribution is 2.17. The molecule has 1 N–H and O–H groups in total. The van der Waals surface area contributed by atoms with E-state index in [-0.39, 0.29) is 6.10 Å². The molecule has 0 saturated carbocycles. The minimum absolute atomic E-state index is 0.0769. The summed E-state index contributed by atoms with van der Waals surface area (Å²) >= 11 is 0. The van der Waals surface area contributed by atoms with Crippen LogP contribution in [0.2, 0.25) is 0 Å². The van der Waals surface area contributed by atoms with Crippen molar-refractivity contribution in [2.45, 2.75) is 19.1 Å². The van der Waals surface area contributed by atoms with Gasteiger partial charge in [0.05, 0.1) is 19.0 Å². The van der Waals surface area contributed by atoms with E-state index in [0.29, 0.717) is 6.61 Å². The Balaban J connectivity index is 2.13. The summed E-state index contributed by atoms with van der Waals surface area (Å²) in [5.41, 5.74) is 1.61. The van der Waals surface area contributed by atoms with Gasteiger partial charge in [0.2, 0.25) is 0 Å². The first-order chi connectivity index (χ1) is 9.30. The highest BCUT2D eigenvalue weighted by atomic mass is 16.5. The lowest BCUT2D eigenvalue weighted by Gasteiger charge is -2.14. The van der Waals surface area contributed by atoms with Gasteiger partial charge in [-0.05, 0) is 6.42 Å². The zero-order chi connectivity index (χ0) is 13.7. The second kappa shape index (κ2) is 6.44. The van der Waals surface area contributed by atoms with Crippen molar-refractivity contribution in [1.82, 2.24) is 19.5 Å². The standard InChI is InChI=1S/C12H19N5O2/c1-13-11-10-12(15-7-14-11)17(8-16-10)5-4-9(19-3)6-18-2/h7-9H,4-6H2,1-3H3,(H,13,14,15). The number of fused-ring (bicyclic) bond motifs is 1. The monoisotopic (exact) mass is 265 g/mol. The topological polar surface area (TPSA) is 74.1 Å². The molecule has 2 aromatic rings. The first-order valence-corrected chi connectivity index (χ1v) is 6.15. The Hall–Kier alpha value is -1.73. The van der Waals surface area contributed by atoms with Crippen molar-refractivity contribution >= 4 is 17.0 Å². The summed E-state index contributed by atoms with van der Waals surface area (Å²) in [6.45, 7) is 1.36. The molecule has 2 rings (SSSR count). The Morgan fingerprint density at radius 3 is 2.84 bits per heavy atom. The molecule has 2 aromatic heterocycles. The van der Waals surface area contributed by atoms with Crippen molar-refractivity contribution in [2.75, 3.05) is 33.2 Å². The van der Waals surface area contributed by atoms with Gasteiger partial charge >= 0.3 is 0 Å². The lowest BCUT2D eigenvalue weighted by molar-refractivity contribution is 0.0212. The quantitative estimate of drug-likeness (QED) is 0.802. The molecule has 0 amide bonds. The van der Waals surface area contributed by atoms with E-state index < -0.39 is 0 Å². The molecule has 0 bridgehead atoms. The van der Waals surface area contributed by atoms with Crippen molar-refractivity contribution in [1.29, 1.82) is 0 Å². The number of methoxy groups -OCH3 is 2. The van der Waals surface area contributed by atoms with Crippen LogP contribution in [0.3, 0.4) is 0 Å². The summed E-state index contributed by atoms with van der Waals surface area (Å²) in [5, 5.41) is 3.01. The fourth-order valence-corrected chi connectivity index (χ4v) is 1.97. The van der Waals surface area contributed by atoms with E-state index in [2.05, 4.69) is 20.3 Å². The maximum Gasteiger partial charge on any atom is 0.165 e. The lowest BCUT2D eigenvalue weighted by Crippen LogP contribution is -2.19. The van der Waals surface area contributed by atoms with E-state index in [1.807, 2.05) is 11.6 Å². The van der Waals surface area contributed by atoms with Crippen molar-refractivity contribution in [3.63, 3.8) is 0 Å². The third-order valence-corrected chi connectivity index (χ3v) is 3.02. The fourth-order valence-electron chi connectivity index (χ4n) is 1.97. The summed E-state index contributed by atoms with van der Waals surface area (Å²) in [7, 11) is 5.18. The van der Waals surface area contributed by atoms with Crippen LogP contribution < -0.4 is 5.32 Å². The number of rotatable bonds is 7. The summed E-state index contributed by atoms with van der Waals surface area (Å²) in [6, 6.07) is 0. The molecule has 0 aliphatic heterocycles. The molecule has 0 spiro atoms. The molecule has 0 fully saturated rings. The fraction of sp³-hybridized carbons (Fsp3) is 0.583. The van der Waals surface area contributed by atoms with E-state index in [1.54, 1.807) is 20.5 Å².